The molecule has 0 radical (unpaired) electrons. The molecule has 23 heavy (non-hydrogen) atoms. The fourth-order valence-electron chi connectivity index (χ4n) is 1.88. The van der Waals surface area contributed by atoms with Crippen molar-refractivity contribution in [1.29, 1.82) is 0 Å². The minimum Gasteiger partial charge on any atom is -0.467 e. The Hall–Kier alpha value is -1.81. The van der Waals surface area contributed by atoms with E-state index >= 15 is 0 Å². The first-order valence-corrected chi connectivity index (χ1v) is 7.68. The lowest BCUT2D eigenvalue weighted by Gasteiger charge is -2.09. The third-order valence-corrected chi connectivity index (χ3v) is 3.86. The van der Waals surface area contributed by atoms with Crippen LogP contribution in [0.3, 0.4) is 0 Å². The van der Waals surface area contributed by atoms with Crippen LogP contribution in [0.2, 0.25) is 0 Å². The van der Waals surface area contributed by atoms with Crippen LogP contribution in [0.5, 0.6) is 0 Å². The number of guanidine groups is 1. The van der Waals surface area contributed by atoms with Crippen LogP contribution in [0.25, 0.3) is 10.8 Å². The molecule has 0 fully saturated rings. The van der Waals surface area contributed by atoms with Crippen LogP contribution in [0.1, 0.15) is 11.5 Å². The van der Waals surface area contributed by atoms with Crippen molar-refractivity contribution in [3.05, 3.63) is 53.6 Å². The number of nitrogens with one attached hydrogen (secondary N) is 2. The average molecular weight is 444 g/mol. The Balaban J connectivity index is 0.00000192. The molecule has 3 heterocycles. The molecular formula is C15H17IN4O2S. The molecule has 8 heteroatoms. The molecule has 2 N–H and O–H groups in total. The monoisotopic (exact) mass is 444 g/mol. The first-order chi connectivity index (χ1) is 10.8. The highest BCUT2D eigenvalue weighted by Crippen LogP contribution is 2.23. The van der Waals surface area contributed by atoms with Gasteiger partial charge in [0.05, 0.1) is 31.3 Å². The summed E-state index contributed by atoms with van der Waals surface area (Å²) in [4.78, 5) is 8.70. The Morgan fingerprint density at radius 2 is 1.96 bits per heavy atom. The number of nitrogens with zero attached hydrogens (tertiary/aromatic N) is 2. The zero-order chi connectivity index (χ0) is 15.2. The molecule has 6 nitrogen and oxygen atoms in total. The number of furan rings is 2. The third-order valence-electron chi connectivity index (χ3n) is 2.95. The molecule has 0 aliphatic carbocycles. The lowest BCUT2D eigenvalue weighted by atomic mass is 10.4. The zero-order valence-electron chi connectivity index (χ0n) is 12.5. The normalized spacial score (nSPS) is 11.1. The summed E-state index contributed by atoms with van der Waals surface area (Å²) in [5, 5.41) is 9.28. The molecule has 0 saturated heterocycles. The second kappa shape index (κ2) is 8.73. The number of aliphatic imine (C=N–C) groups is 1. The van der Waals surface area contributed by atoms with E-state index in [0.717, 1.165) is 22.2 Å². The molecule has 3 aromatic heterocycles. The summed E-state index contributed by atoms with van der Waals surface area (Å²) in [6.07, 6.45) is 3.30. The highest BCUT2D eigenvalue weighted by molar-refractivity contribution is 14.0. The highest BCUT2D eigenvalue weighted by atomic mass is 127. The van der Waals surface area contributed by atoms with E-state index in [0.29, 0.717) is 19.0 Å². The maximum Gasteiger partial charge on any atom is 0.191 e. The van der Waals surface area contributed by atoms with E-state index in [-0.39, 0.29) is 24.0 Å². The Labute approximate surface area is 155 Å². The molecule has 0 amide bonds. The van der Waals surface area contributed by atoms with E-state index in [1.165, 1.54) is 0 Å². The number of thiazole rings is 1. The minimum absolute atomic E-state index is 0. The Kier molecular flexibility index (Phi) is 6.66. The van der Waals surface area contributed by atoms with Gasteiger partial charge in [-0.15, -0.1) is 35.3 Å². The number of halogens is 1. The molecule has 3 rings (SSSR count). The van der Waals surface area contributed by atoms with Gasteiger partial charge in [0.1, 0.15) is 5.76 Å². The third kappa shape index (κ3) is 4.83. The highest BCUT2D eigenvalue weighted by Gasteiger charge is 2.07. The summed E-state index contributed by atoms with van der Waals surface area (Å²) >= 11 is 1.56. The molecular weight excluding hydrogens is 427 g/mol. The second-order valence-corrected chi connectivity index (χ2v) is 5.34. The summed E-state index contributed by atoms with van der Waals surface area (Å²) in [5.41, 5.74) is 0.942. The topological polar surface area (TPSA) is 75.6 Å². The van der Waals surface area contributed by atoms with Gasteiger partial charge in [0.25, 0.3) is 0 Å². The van der Waals surface area contributed by atoms with Crippen LogP contribution in [0.4, 0.5) is 0 Å². The lowest BCUT2D eigenvalue weighted by Crippen LogP contribution is -2.36. The van der Waals surface area contributed by atoms with Crippen LogP contribution < -0.4 is 10.6 Å². The average Bonchev–Trinajstić information content (AvgIpc) is 3.29. The summed E-state index contributed by atoms with van der Waals surface area (Å²) in [7, 11) is 1.73. The van der Waals surface area contributed by atoms with Gasteiger partial charge < -0.3 is 19.5 Å². The van der Waals surface area contributed by atoms with Crippen molar-refractivity contribution in [3.8, 4) is 10.8 Å². The van der Waals surface area contributed by atoms with Gasteiger partial charge in [-0.3, -0.25) is 4.99 Å². The van der Waals surface area contributed by atoms with E-state index in [2.05, 4.69) is 20.6 Å². The van der Waals surface area contributed by atoms with Crippen molar-refractivity contribution < 1.29 is 8.83 Å². The number of hydrogen-bond acceptors (Lipinski definition) is 5. The zero-order valence-corrected chi connectivity index (χ0v) is 15.6. The summed E-state index contributed by atoms with van der Waals surface area (Å²) < 4.78 is 10.6. The van der Waals surface area contributed by atoms with E-state index < -0.39 is 0 Å². The smallest absolute Gasteiger partial charge is 0.191 e. The standard InChI is InChI=1S/C15H16N4O2S.HI/c1-16-15(18-9-12-4-2-6-20-12)17-8-11-10-22-14(19-11)13-5-3-7-21-13;/h2-7,10H,8-9H2,1H3,(H2,16,17,18);1H. The van der Waals surface area contributed by atoms with E-state index in [1.807, 2.05) is 29.6 Å². The molecule has 122 valence electrons. The van der Waals surface area contributed by atoms with Crippen LogP contribution in [-0.4, -0.2) is 18.0 Å². The van der Waals surface area contributed by atoms with Gasteiger partial charge in [-0.25, -0.2) is 4.98 Å². The Bertz CT molecular complexity index is 723. The van der Waals surface area contributed by atoms with E-state index in [4.69, 9.17) is 8.83 Å². The number of rotatable bonds is 5. The van der Waals surface area contributed by atoms with Gasteiger partial charge in [-0.05, 0) is 24.3 Å². The largest absolute Gasteiger partial charge is 0.467 e. The molecule has 3 aromatic rings. The van der Waals surface area contributed by atoms with Crippen LogP contribution in [0.15, 0.2) is 56.0 Å². The van der Waals surface area contributed by atoms with Gasteiger partial charge >= 0.3 is 0 Å². The molecule has 0 unspecified atom stereocenters. The molecule has 0 saturated carbocycles. The lowest BCUT2D eigenvalue weighted by molar-refractivity contribution is 0.501. The fourth-order valence-corrected chi connectivity index (χ4v) is 2.67. The van der Waals surface area contributed by atoms with E-state index in [1.54, 1.807) is 30.9 Å². The fraction of sp³-hybridized carbons (Fsp3) is 0.200. The SMILES string of the molecule is CN=C(NCc1csc(-c2ccco2)n1)NCc1ccco1.I. The van der Waals surface area contributed by atoms with Crippen LogP contribution >= 0.6 is 35.3 Å². The molecule has 0 aliphatic heterocycles. The van der Waals surface area contributed by atoms with Crippen molar-refractivity contribution in [2.75, 3.05) is 7.05 Å². The van der Waals surface area contributed by atoms with Gasteiger partial charge in [-0.2, -0.15) is 0 Å². The van der Waals surface area contributed by atoms with Gasteiger partial charge in [-0.1, -0.05) is 0 Å². The van der Waals surface area contributed by atoms with Crippen molar-refractivity contribution in [1.82, 2.24) is 15.6 Å². The van der Waals surface area contributed by atoms with Crippen molar-refractivity contribution >= 4 is 41.3 Å². The summed E-state index contributed by atoms with van der Waals surface area (Å²) in [5.74, 6) is 2.34. The van der Waals surface area contributed by atoms with Gasteiger partial charge in [0.15, 0.2) is 16.7 Å². The Morgan fingerprint density at radius 1 is 1.17 bits per heavy atom. The number of aromatic nitrogens is 1. The maximum absolute atomic E-state index is 5.34. The molecule has 0 atom stereocenters. The van der Waals surface area contributed by atoms with Gasteiger partial charge in [0.2, 0.25) is 0 Å². The predicted molar refractivity (Wildman–Crippen MR) is 101 cm³/mol. The van der Waals surface area contributed by atoms with Gasteiger partial charge in [0, 0.05) is 12.4 Å². The van der Waals surface area contributed by atoms with Crippen LogP contribution in [-0.2, 0) is 13.1 Å². The molecule has 0 aromatic carbocycles. The predicted octanol–water partition coefficient (Wildman–Crippen LogP) is 3.48. The van der Waals surface area contributed by atoms with Crippen molar-refractivity contribution in [3.63, 3.8) is 0 Å². The summed E-state index contributed by atoms with van der Waals surface area (Å²) in [6, 6.07) is 7.53. The second-order valence-electron chi connectivity index (χ2n) is 4.48. The van der Waals surface area contributed by atoms with E-state index in [9.17, 15) is 0 Å². The summed E-state index contributed by atoms with van der Waals surface area (Å²) in [6.45, 7) is 1.18. The molecule has 0 spiro atoms. The first-order valence-electron chi connectivity index (χ1n) is 6.80. The van der Waals surface area contributed by atoms with Crippen molar-refractivity contribution in [2.24, 2.45) is 4.99 Å². The maximum atomic E-state index is 5.34. The quantitative estimate of drug-likeness (QED) is 0.358. The molecule has 0 bridgehead atoms. The Morgan fingerprint density at radius 3 is 2.65 bits per heavy atom. The first kappa shape index (κ1) is 17.5. The minimum atomic E-state index is 0. The molecule has 0 aliphatic rings. The van der Waals surface area contributed by atoms with Crippen molar-refractivity contribution in [2.45, 2.75) is 13.1 Å². The number of hydrogen-bond donors (Lipinski definition) is 2. The van der Waals surface area contributed by atoms with Crippen LogP contribution in [0, 0.1) is 0 Å².